The molecule has 0 aromatic heterocycles. The lowest BCUT2D eigenvalue weighted by molar-refractivity contribution is 0.176. The number of hydrogen-bond donors (Lipinski definition) is 0. The second kappa shape index (κ2) is 7.30. The molecule has 84 valence electrons. The molecule has 1 aliphatic carbocycles. The second-order valence-electron chi connectivity index (χ2n) is 3.53. The van der Waals surface area contributed by atoms with E-state index in [1.807, 2.05) is 19.1 Å². The topological polar surface area (TPSA) is 18.5 Å². The van der Waals surface area contributed by atoms with Crippen molar-refractivity contribution in [2.24, 2.45) is 0 Å². The Bertz CT molecular complexity index is 262. The van der Waals surface area contributed by atoms with Crippen LogP contribution in [0.2, 0.25) is 0 Å². The van der Waals surface area contributed by atoms with Gasteiger partial charge in [0.05, 0.1) is 6.61 Å². The monoisotopic (exact) mass is 208 g/mol. The van der Waals surface area contributed by atoms with Crippen LogP contribution in [0.25, 0.3) is 0 Å². The van der Waals surface area contributed by atoms with Crippen molar-refractivity contribution in [2.75, 3.05) is 19.8 Å². The summed E-state index contributed by atoms with van der Waals surface area (Å²) in [7, 11) is 0. The minimum Gasteiger partial charge on any atom is -0.490 e. The normalized spacial score (nSPS) is 16.4. The summed E-state index contributed by atoms with van der Waals surface area (Å²) in [6.45, 7) is 6.18. The molecule has 0 saturated carbocycles. The number of hydrogen-bond acceptors (Lipinski definition) is 2. The molecule has 0 N–H and O–H groups in total. The van der Waals surface area contributed by atoms with Crippen LogP contribution >= 0.6 is 0 Å². The van der Waals surface area contributed by atoms with E-state index in [0.29, 0.717) is 13.2 Å². The zero-order valence-corrected chi connectivity index (χ0v) is 9.66. The zero-order chi connectivity index (χ0) is 10.9. The maximum atomic E-state index is 5.63. The fourth-order valence-electron chi connectivity index (χ4n) is 1.39. The standard InChI is InChI=1S/C13H20O2/c1-3-14-10-6-7-11-15-13-9-5-4-8-12(13)2/h5-7,9H,3-4,8,10-11H2,1-2H3/b7-6+. The summed E-state index contributed by atoms with van der Waals surface area (Å²) < 4.78 is 10.8. The lowest BCUT2D eigenvalue weighted by Crippen LogP contribution is -1.97. The van der Waals surface area contributed by atoms with Gasteiger partial charge in [-0.05, 0) is 44.4 Å². The van der Waals surface area contributed by atoms with Gasteiger partial charge in [0, 0.05) is 6.61 Å². The molecular weight excluding hydrogens is 188 g/mol. The summed E-state index contributed by atoms with van der Waals surface area (Å²) in [6, 6.07) is 0. The lowest BCUT2D eigenvalue weighted by atomic mass is 10.1. The second-order valence-corrected chi connectivity index (χ2v) is 3.53. The number of allylic oxidation sites excluding steroid dienone is 3. The third-order valence-electron chi connectivity index (χ3n) is 2.30. The quantitative estimate of drug-likeness (QED) is 0.493. The molecule has 1 rings (SSSR count). The predicted octanol–water partition coefficient (Wildman–Crippen LogP) is 3.22. The van der Waals surface area contributed by atoms with Crippen LogP contribution in [-0.4, -0.2) is 19.8 Å². The van der Waals surface area contributed by atoms with E-state index < -0.39 is 0 Å². The Hall–Kier alpha value is -1.02. The summed E-state index contributed by atoms with van der Waals surface area (Å²) in [5, 5.41) is 0. The Labute approximate surface area is 92.3 Å². The van der Waals surface area contributed by atoms with Gasteiger partial charge in [0.25, 0.3) is 0 Å². The molecule has 0 unspecified atom stereocenters. The van der Waals surface area contributed by atoms with Crippen molar-refractivity contribution in [1.29, 1.82) is 0 Å². The van der Waals surface area contributed by atoms with Crippen LogP contribution in [0, 0.1) is 0 Å². The molecular formula is C13H20O2. The van der Waals surface area contributed by atoms with Gasteiger partial charge < -0.3 is 9.47 Å². The largest absolute Gasteiger partial charge is 0.490 e. The molecule has 0 atom stereocenters. The van der Waals surface area contributed by atoms with Gasteiger partial charge in [-0.3, -0.25) is 0 Å². The summed E-state index contributed by atoms with van der Waals surface area (Å²) in [6.07, 6.45) is 10.5. The Balaban J connectivity index is 2.19. The van der Waals surface area contributed by atoms with E-state index in [1.54, 1.807) is 0 Å². The van der Waals surface area contributed by atoms with Gasteiger partial charge in [0.1, 0.15) is 12.4 Å². The molecule has 2 nitrogen and oxygen atoms in total. The minimum absolute atomic E-state index is 0.629. The first-order chi connectivity index (χ1) is 7.34. The third kappa shape index (κ3) is 4.84. The molecule has 0 aromatic carbocycles. The summed E-state index contributed by atoms with van der Waals surface area (Å²) in [4.78, 5) is 0. The summed E-state index contributed by atoms with van der Waals surface area (Å²) in [5.41, 5.74) is 1.34. The first-order valence-electron chi connectivity index (χ1n) is 5.56. The van der Waals surface area contributed by atoms with Gasteiger partial charge >= 0.3 is 0 Å². The number of ether oxygens (including phenoxy) is 2. The molecule has 0 bridgehead atoms. The van der Waals surface area contributed by atoms with Crippen LogP contribution < -0.4 is 0 Å². The molecule has 0 heterocycles. The molecule has 0 radical (unpaired) electrons. The summed E-state index contributed by atoms with van der Waals surface area (Å²) in [5.74, 6) is 1.03. The van der Waals surface area contributed by atoms with Crippen molar-refractivity contribution in [1.82, 2.24) is 0 Å². The molecule has 1 aliphatic rings. The van der Waals surface area contributed by atoms with Gasteiger partial charge in [-0.2, -0.15) is 0 Å². The highest BCUT2D eigenvalue weighted by molar-refractivity contribution is 5.23. The predicted molar refractivity (Wildman–Crippen MR) is 62.7 cm³/mol. The van der Waals surface area contributed by atoms with E-state index in [9.17, 15) is 0 Å². The molecule has 0 aliphatic heterocycles. The Kier molecular flexibility index (Phi) is 5.86. The highest BCUT2D eigenvalue weighted by Crippen LogP contribution is 2.18. The van der Waals surface area contributed by atoms with E-state index >= 15 is 0 Å². The Morgan fingerprint density at radius 3 is 2.87 bits per heavy atom. The average molecular weight is 208 g/mol. The van der Waals surface area contributed by atoms with Gasteiger partial charge in [0.2, 0.25) is 0 Å². The summed E-state index contributed by atoms with van der Waals surface area (Å²) >= 11 is 0. The fourth-order valence-corrected chi connectivity index (χ4v) is 1.39. The Morgan fingerprint density at radius 2 is 2.13 bits per heavy atom. The minimum atomic E-state index is 0.629. The van der Waals surface area contributed by atoms with Gasteiger partial charge in [-0.25, -0.2) is 0 Å². The third-order valence-corrected chi connectivity index (χ3v) is 2.30. The highest BCUT2D eigenvalue weighted by Gasteiger charge is 2.03. The molecule has 0 fully saturated rings. The van der Waals surface area contributed by atoms with Crippen LogP contribution in [0.15, 0.2) is 35.6 Å². The zero-order valence-electron chi connectivity index (χ0n) is 9.66. The van der Waals surface area contributed by atoms with E-state index in [4.69, 9.17) is 9.47 Å². The van der Waals surface area contributed by atoms with Gasteiger partial charge in [-0.1, -0.05) is 12.2 Å². The maximum Gasteiger partial charge on any atom is 0.118 e. The molecule has 0 aromatic rings. The molecule has 0 spiro atoms. The fraction of sp³-hybridized carbons (Fsp3) is 0.538. The van der Waals surface area contributed by atoms with Crippen molar-refractivity contribution < 1.29 is 9.47 Å². The van der Waals surface area contributed by atoms with Crippen molar-refractivity contribution in [3.63, 3.8) is 0 Å². The first kappa shape index (κ1) is 12.1. The first-order valence-corrected chi connectivity index (χ1v) is 5.56. The molecule has 0 amide bonds. The van der Waals surface area contributed by atoms with Crippen LogP contribution in [0.4, 0.5) is 0 Å². The maximum absolute atomic E-state index is 5.63. The molecule has 2 heteroatoms. The van der Waals surface area contributed by atoms with E-state index in [1.165, 1.54) is 5.57 Å². The number of rotatable bonds is 6. The van der Waals surface area contributed by atoms with Crippen LogP contribution in [-0.2, 0) is 9.47 Å². The molecule has 15 heavy (non-hydrogen) atoms. The SMILES string of the molecule is CCOC/C=C/COC1=C(C)CCC=C1. The lowest BCUT2D eigenvalue weighted by Gasteiger charge is -2.12. The van der Waals surface area contributed by atoms with Crippen LogP contribution in [0.1, 0.15) is 26.7 Å². The highest BCUT2D eigenvalue weighted by atomic mass is 16.5. The molecule has 0 saturated heterocycles. The van der Waals surface area contributed by atoms with E-state index in [-0.39, 0.29) is 0 Å². The van der Waals surface area contributed by atoms with E-state index in [2.05, 4.69) is 19.1 Å². The van der Waals surface area contributed by atoms with Gasteiger partial charge in [-0.15, -0.1) is 0 Å². The van der Waals surface area contributed by atoms with Crippen molar-refractivity contribution in [3.05, 3.63) is 35.6 Å². The van der Waals surface area contributed by atoms with Crippen molar-refractivity contribution in [3.8, 4) is 0 Å². The average Bonchev–Trinajstić information content (AvgIpc) is 2.25. The van der Waals surface area contributed by atoms with Crippen molar-refractivity contribution in [2.45, 2.75) is 26.7 Å². The van der Waals surface area contributed by atoms with Crippen LogP contribution in [0.5, 0.6) is 0 Å². The van der Waals surface area contributed by atoms with Gasteiger partial charge in [0.15, 0.2) is 0 Å². The Morgan fingerprint density at radius 1 is 1.33 bits per heavy atom. The smallest absolute Gasteiger partial charge is 0.118 e. The van der Waals surface area contributed by atoms with E-state index in [0.717, 1.165) is 25.2 Å². The van der Waals surface area contributed by atoms with Crippen molar-refractivity contribution >= 4 is 0 Å². The van der Waals surface area contributed by atoms with Crippen LogP contribution in [0.3, 0.4) is 0 Å².